The molecule has 0 radical (unpaired) electrons. The predicted octanol–water partition coefficient (Wildman–Crippen LogP) is 0.764. The average Bonchev–Trinajstić information content (AvgIpc) is 2.72. The number of nitrogens with one attached hydrogen (secondary N) is 1. The molecule has 1 aliphatic carbocycles. The molecule has 0 bridgehead atoms. The standard InChI is InChI=1S/C13H25N3/c1-15-7-4-11-2-3-12(10-13(11)15)16-8-5-14-6-9-16/h11-14H,2-10H2,1H3. The first-order valence-electron chi connectivity index (χ1n) is 6.99. The van der Waals surface area contributed by atoms with Gasteiger partial charge < -0.3 is 10.2 Å². The van der Waals surface area contributed by atoms with E-state index >= 15 is 0 Å². The van der Waals surface area contributed by atoms with Gasteiger partial charge in [-0.1, -0.05) is 0 Å². The first kappa shape index (κ1) is 11.0. The fraction of sp³-hybridized carbons (Fsp3) is 1.00. The van der Waals surface area contributed by atoms with E-state index in [0.29, 0.717) is 0 Å². The molecule has 3 aliphatic rings. The molecule has 16 heavy (non-hydrogen) atoms. The van der Waals surface area contributed by atoms with Crippen molar-refractivity contribution in [1.29, 1.82) is 0 Å². The second kappa shape index (κ2) is 4.63. The first-order valence-corrected chi connectivity index (χ1v) is 6.99. The Balaban J connectivity index is 1.61. The highest BCUT2D eigenvalue weighted by Gasteiger charge is 2.38. The van der Waals surface area contributed by atoms with Gasteiger partial charge >= 0.3 is 0 Å². The van der Waals surface area contributed by atoms with E-state index in [1.54, 1.807) is 0 Å². The largest absolute Gasteiger partial charge is 0.314 e. The number of nitrogens with zero attached hydrogens (tertiary/aromatic N) is 2. The van der Waals surface area contributed by atoms with Gasteiger partial charge in [0, 0.05) is 38.3 Å². The van der Waals surface area contributed by atoms with Crippen LogP contribution in [0.25, 0.3) is 0 Å². The molecule has 3 nitrogen and oxygen atoms in total. The topological polar surface area (TPSA) is 18.5 Å². The summed E-state index contributed by atoms with van der Waals surface area (Å²) >= 11 is 0. The summed E-state index contributed by atoms with van der Waals surface area (Å²) in [6.45, 7) is 6.27. The lowest BCUT2D eigenvalue weighted by Gasteiger charge is -2.42. The number of likely N-dealkylation sites (tertiary alicyclic amines) is 1. The zero-order valence-electron chi connectivity index (χ0n) is 10.5. The summed E-state index contributed by atoms with van der Waals surface area (Å²) < 4.78 is 0. The third-order valence-electron chi connectivity index (χ3n) is 5.02. The lowest BCUT2D eigenvalue weighted by molar-refractivity contribution is 0.0881. The van der Waals surface area contributed by atoms with Crippen molar-refractivity contribution in [3.63, 3.8) is 0 Å². The van der Waals surface area contributed by atoms with Crippen molar-refractivity contribution in [1.82, 2.24) is 15.1 Å². The van der Waals surface area contributed by atoms with Gasteiger partial charge in [0.15, 0.2) is 0 Å². The van der Waals surface area contributed by atoms with Gasteiger partial charge in [0.05, 0.1) is 0 Å². The lowest BCUT2D eigenvalue weighted by atomic mass is 9.81. The number of hydrogen-bond donors (Lipinski definition) is 1. The highest BCUT2D eigenvalue weighted by molar-refractivity contribution is 4.94. The Labute approximate surface area is 99.2 Å². The van der Waals surface area contributed by atoms with Gasteiger partial charge in [-0.3, -0.25) is 4.90 Å². The fourth-order valence-corrected chi connectivity index (χ4v) is 3.98. The van der Waals surface area contributed by atoms with Crippen LogP contribution in [0.5, 0.6) is 0 Å². The third kappa shape index (κ3) is 2.01. The van der Waals surface area contributed by atoms with Crippen molar-refractivity contribution >= 4 is 0 Å². The van der Waals surface area contributed by atoms with Crippen molar-refractivity contribution in [2.75, 3.05) is 39.8 Å². The second-order valence-corrected chi connectivity index (χ2v) is 5.85. The molecule has 3 atom stereocenters. The van der Waals surface area contributed by atoms with Crippen LogP contribution in [0, 0.1) is 5.92 Å². The lowest BCUT2D eigenvalue weighted by Crippen LogP contribution is -2.52. The molecular weight excluding hydrogens is 198 g/mol. The van der Waals surface area contributed by atoms with Crippen LogP contribution >= 0.6 is 0 Å². The summed E-state index contributed by atoms with van der Waals surface area (Å²) in [5.41, 5.74) is 0. The van der Waals surface area contributed by atoms with Gasteiger partial charge in [-0.15, -0.1) is 0 Å². The molecule has 2 aliphatic heterocycles. The van der Waals surface area contributed by atoms with Crippen LogP contribution in [0.15, 0.2) is 0 Å². The van der Waals surface area contributed by atoms with E-state index in [2.05, 4.69) is 22.2 Å². The molecule has 2 heterocycles. The third-order valence-corrected chi connectivity index (χ3v) is 5.02. The van der Waals surface area contributed by atoms with Crippen LogP contribution in [0.3, 0.4) is 0 Å². The number of piperazine rings is 1. The van der Waals surface area contributed by atoms with E-state index < -0.39 is 0 Å². The van der Waals surface area contributed by atoms with Gasteiger partial charge in [-0.25, -0.2) is 0 Å². The van der Waals surface area contributed by atoms with Gasteiger partial charge in [0.1, 0.15) is 0 Å². The van der Waals surface area contributed by atoms with Crippen molar-refractivity contribution in [2.24, 2.45) is 5.92 Å². The smallest absolute Gasteiger partial charge is 0.0136 e. The molecule has 92 valence electrons. The Hall–Kier alpha value is -0.120. The molecule has 1 N–H and O–H groups in total. The minimum atomic E-state index is 0.879. The molecular formula is C13H25N3. The molecule has 3 fully saturated rings. The summed E-state index contributed by atoms with van der Waals surface area (Å²) in [5.74, 6) is 1.02. The Morgan fingerprint density at radius 1 is 1.00 bits per heavy atom. The molecule has 3 heteroatoms. The van der Waals surface area contributed by atoms with E-state index in [9.17, 15) is 0 Å². The second-order valence-electron chi connectivity index (χ2n) is 5.85. The molecule has 0 aromatic heterocycles. The van der Waals surface area contributed by atoms with Crippen molar-refractivity contribution in [3.05, 3.63) is 0 Å². The van der Waals surface area contributed by atoms with Crippen LogP contribution in [0.1, 0.15) is 25.7 Å². The van der Waals surface area contributed by atoms with Crippen LogP contribution in [-0.2, 0) is 0 Å². The van der Waals surface area contributed by atoms with E-state index in [-0.39, 0.29) is 0 Å². The van der Waals surface area contributed by atoms with Gasteiger partial charge in [-0.2, -0.15) is 0 Å². The Bertz CT molecular complexity index is 237. The minimum Gasteiger partial charge on any atom is -0.314 e. The molecule has 0 amide bonds. The fourth-order valence-electron chi connectivity index (χ4n) is 3.98. The van der Waals surface area contributed by atoms with Crippen molar-refractivity contribution in [2.45, 2.75) is 37.8 Å². The molecule has 2 saturated heterocycles. The number of fused-ring (bicyclic) bond motifs is 1. The highest BCUT2D eigenvalue weighted by Crippen LogP contribution is 2.37. The van der Waals surface area contributed by atoms with Gasteiger partial charge in [0.25, 0.3) is 0 Å². The van der Waals surface area contributed by atoms with Crippen molar-refractivity contribution in [3.8, 4) is 0 Å². The summed E-state index contributed by atoms with van der Waals surface area (Å²) in [6, 6.07) is 1.78. The van der Waals surface area contributed by atoms with Crippen LogP contribution < -0.4 is 5.32 Å². The quantitative estimate of drug-likeness (QED) is 0.708. The first-order chi connectivity index (χ1) is 7.84. The average molecular weight is 223 g/mol. The number of hydrogen-bond acceptors (Lipinski definition) is 3. The van der Waals surface area contributed by atoms with Gasteiger partial charge in [0.2, 0.25) is 0 Å². The van der Waals surface area contributed by atoms with Crippen molar-refractivity contribution < 1.29 is 0 Å². The summed E-state index contributed by atoms with van der Waals surface area (Å²) in [5, 5.41) is 3.46. The number of rotatable bonds is 1. The summed E-state index contributed by atoms with van der Waals surface area (Å²) in [4.78, 5) is 5.35. The normalized spacial score (nSPS) is 42.2. The van der Waals surface area contributed by atoms with Crippen LogP contribution in [0.2, 0.25) is 0 Å². The van der Waals surface area contributed by atoms with E-state index in [4.69, 9.17) is 0 Å². The van der Waals surface area contributed by atoms with E-state index in [0.717, 1.165) is 18.0 Å². The van der Waals surface area contributed by atoms with Crippen LogP contribution in [0.4, 0.5) is 0 Å². The maximum absolute atomic E-state index is 3.46. The van der Waals surface area contributed by atoms with Gasteiger partial charge in [-0.05, 0) is 45.2 Å². The molecule has 0 aromatic carbocycles. The van der Waals surface area contributed by atoms with E-state index in [1.165, 1.54) is 58.4 Å². The molecule has 1 saturated carbocycles. The summed E-state index contributed by atoms with van der Waals surface area (Å²) in [7, 11) is 2.32. The predicted molar refractivity (Wildman–Crippen MR) is 66.6 cm³/mol. The summed E-state index contributed by atoms with van der Waals surface area (Å²) in [6.07, 6.45) is 5.81. The highest BCUT2D eigenvalue weighted by atomic mass is 15.2. The Kier molecular flexibility index (Phi) is 3.18. The van der Waals surface area contributed by atoms with E-state index in [1.807, 2.05) is 0 Å². The zero-order chi connectivity index (χ0) is 11.0. The SMILES string of the molecule is CN1CCC2CCC(N3CCNCC3)CC21. The molecule has 0 aromatic rings. The monoisotopic (exact) mass is 223 g/mol. The minimum absolute atomic E-state index is 0.879. The molecule has 0 spiro atoms. The van der Waals surface area contributed by atoms with Crippen LogP contribution in [-0.4, -0.2) is 61.7 Å². The maximum atomic E-state index is 3.46. The Morgan fingerprint density at radius 2 is 1.81 bits per heavy atom. The maximum Gasteiger partial charge on any atom is 0.0136 e. The molecule has 3 rings (SSSR count). The Morgan fingerprint density at radius 3 is 2.62 bits per heavy atom. The molecule has 3 unspecified atom stereocenters. The zero-order valence-corrected chi connectivity index (χ0v) is 10.5.